The van der Waals surface area contributed by atoms with E-state index in [9.17, 15) is 9.59 Å². The molecule has 2 N–H and O–H groups in total. The minimum absolute atomic E-state index is 0.00995. The van der Waals surface area contributed by atoms with Crippen molar-refractivity contribution in [3.8, 4) is 11.5 Å². The van der Waals surface area contributed by atoms with Crippen LogP contribution in [0.1, 0.15) is 31.4 Å². The molecular weight excluding hydrogens is 382 g/mol. The molecule has 0 bridgehead atoms. The number of methoxy groups -OCH3 is 2. The standard InChI is InChI=1S/C23H29N3O4/c1-16(20-15-19(29-2)9-10-21(20)30-3)24-23(28)26-13-11-17(12-14-26)22(27)25-18-7-5-4-6-8-18/h4-10,15-17H,11-14H2,1-3H3,(H,24,28)(H,25,27). The summed E-state index contributed by atoms with van der Waals surface area (Å²) in [5.41, 5.74) is 1.64. The van der Waals surface area contributed by atoms with Crippen LogP contribution in [0, 0.1) is 5.92 Å². The number of rotatable bonds is 6. The van der Waals surface area contributed by atoms with Crippen LogP contribution < -0.4 is 20.1 Å². The largest absolute Gasteiger partial charge is 0.497 e. The van der Waals surface area contributed by atoms with Crippen LogP contribution in [-0.4, -0.2) is 44.1 Å². The van der Waals surface area contributed by atoms with Crippen LogP contribution in [0.25, 0.3) is 0 Å². The summed E-state index contributed by atoms with van der Waals surface area (Å²) in [6.45, 7) is 3.00. The van der Waals surface area contributed by atoms with Gasteiger partial charge in [0.2, 0.25) is 5.91 Å². The van der Waals surface area contributed by atoms with Crippen LogP contribution in [0.4, 0.5) is 10.5 Å². The second-order valence-corrected chi connectivity index (χ2v) is 7.40. The summed E-state index contributed by atoms with van der Waals surface area (Å²) in [6.07, 6.45) is 1.28. The first kappa shape index (κ1) is 21.5. The number of piperidine rings is 1. The highest BCUT2D eigenvalue weighted by molar-refractivity contribution is 5.92. The molecule has 1 fully saturated rings. The van der Waals surface area contributed by atoms with Crippen molar-refractivity contribution in [3.05, 3.63) is 54.1 Å². The average Bonchev–Trinajstić information content (AvgIpc) is 2.79. The van der Waals surface area contributed by atoms with Gasteiger partial charge < -0.3 is 25.0 Å². The number of nitrogens with one attached hydrogen (secondary N) is 2. The number of urea groups is 1. The molecule has 0 aromatic heterocycles. The number of amides is 3. The number of carbonyl (C=O) groups is 2. The topological polar surface area (TPSA) is 79.9 Å². The molecule has 2 aromatic rings. The van der Waals surface area contributed by atoms with Gasteiger partial charge in [-0.25, -0.2) is 4.79 Å². The third kappa shape index (κ3) is 5.23. The Kier molecular flexibility index (Phi) is 7.17. The fraction of sp³-hybridized carbons (Fsp3) is 0.391. The summed E-state index contributed by atoms with van der Waals surface area (Å²) in [5, 5.41) is 5.98. The highest BCUT2D eigenvalue weighted by Crippen LogP contribution is 2.29. The second kappa shape index (κ2) is 10.0. The van der Waals surface area contributed by atoms with Gasteiger partial charge in [0.15, 0.2) is 0 Å². The third-order valence-electron chi connectivity index (χ3n) is 5.44. The van der Waals surface area contributed by atoms with Crippen molar-refractivity contribution in [2.45, 2.75) is 25.8 Å². The number of likely N-dealkylation sites (tertiary alicyclic amines) is 1. The van der Waals surface area contributed by atoms with Gasteiger partial charge in [-0.1, -0.05) is 18.2 Å². The summed E-state index contributed by atoms with van der Waals surface area (Å²) < 4.78 is 10.7. The van der Waals surface area contributed by atoms with E-state index in [0.29, 0.717) is 37.4 Å². The number of hydrogen-bond donors (Lipinski definition) is 2. The highest BCUT2D eigenvalue weighted by atomic mass is 16.5. The van der Waals surface area contributed by atoms with Gasteiger partial charge in [0, 0.05) is 30.3 Å². The van der Waals surface area contributed by atoms with Crippen molar-refractivity contribution < 1.29 is 19.1 Å². The van der Waals surface area contributed by atoms with Crippen LogP contribution in [0.3, 0.4) is 0 Å². The van der Waals surface area contributed by atoms with E-state index in [1.54, 1.807) is 19.1 Å². The molecule has 160 valence electrons. The number of para-hydroxylation sites is 1. The van der Waals surface area contributed by atoms with Crippen LogP contribution in [0.2, 0.25) is 0 Å². The Morgan fingerprint density at radius 1 is 1.03 bits per heavy atom. The summed E-state index contributed by atoms with van der Waals surface area (Å²) in [4.78, 5) is 27.0. The Morgan fingerprint density at radius 3 is 2.37 bits per heavy atom. The van der Waals surface area contributed by atoms with Crippen LogP contribution >= 0.6 is 0 Å². The molecule has 1 unspecified atom stereocenters. The minimum atomic E-state index is -0.248. The van der Waals surface area contributed by atoms with Gasteiger partial charge in [-0.2, -0.15) is 0 Å². The van der Waals surface area contributed by atoms with Crippen LogP contribution in [0.15, 0.2) is 48.5 Å². The molecule has 0 radical (unpaired) electrons. The Labute approximate surface area is 177 Å². The minimum Gasteiger partial charge on any atom is -0.497 e. The molecular formula is C23H29N3O4. The van der Waals surface area contributed by atoms with Crippen LogP contribution in [0.5, 0.6) is 11.5 Å². The van der Waals surface area contributed by atoms with Gasteiger partial charge in [-0.05, 0) is 50.1 Å². The smallest absolute Gasteiger partial charge is 0.317 e. The van der Waals surface area contributed by atoms with E-state index in [1.807, 2.05) is 55.5 Å². The number of nitrogens with zero attached hydrogens (tertiary/aromatic N) is 1. The summed E-state index contributed by atoms with van der Waals surface area (Å²) in [6, 6.07) is 14.6. The zero-order valence-corrected chi connectivity index (χ0v) is 17.7. The lowest BCUT2D eigenvalue weighted by atomic mass is 9.96. The van der Waals surface area contributed by atoms with E-state index in [2.05, 4.69) is 10.6 Å². The number of ether oxygens (including phenoxy) is 2. The van der Waals surface area contributed by atoms with E-state index < -0.39 is 0 Å². The monoisotopic (exact) mass is 411 g/mol. The highest BCUT2D eigenvalue weighted by Gasteiger charge is 2.28. The molecule has 1 aliphatic rings. The lowest BCUT2D eigenvalue weighted by Crippen LogP contribution is -2.46. The summed E-state index contributed by atoms with van der Waals surface area (Å²) in [7, 11) is 3.21. The maximum absolute atomic E-state index is 12.7. The number of carbonyl (C=O) groups excluding carboxylic acids is 2. The Hall–Kier alpha value is -3.22. The molecule has 2 aromatic carbocycles. The van der Waals surface area contributed by atoms with Gasteiger partial charge in [0.1, 0.15) is 11.5 Å². The Bertz CT molecular complexity index is 864. The van der Waals surface area contributed by atoms with E-state index in [-0.39, 0.29) is 23.9 Å². The molecule has 0 spiro atoms. The van der Waals surface area contributed by atoms with Gasteiger partial charge >= 0.3 is 6.03 Å². The lowest BCUT2D eigenvalue weighted by Gasteiger charge is -2.32. The van der Waals surface area contributed by atoms with Gasteiger partial charge in [-0.3, -0.25) is 4.79 Å². The van der Waals surface area contributed by atoms with Crippen molar-refractivity contribution in [1.82, 2.24) is 10.2 Å². The van der Waals surface area contributed by atoms with Crippen molar-refractivity contribution >= 4 is 17.6 Å². The first-order valence-corrected chi connectivity index (χ1v) is 10.1. The molecule has 1 aliphatic heterocycles. The summed E-state index contributed by atoms with van der Waals surface area (Å²) >= 11 is 0. The predicted molar refractivity (Wildman–Crippen MR) is 116 cm³/mol. The number of benzene rings is 2. The zero-order chi connectivity index (χ0) is 21.5. The van der Waals surface area contributed by atoms with Crippen molar-refractivity contribution in [1.29, 1.82) is 0 Å². The van der Waals surface area contributed by atoms with E-state index in [4.69, 9.17) is 9.47 Å². The molecule has 3 amide bonds. The zero-order valence-electron chi connectivity index (χ0n) is 17.7. The molecule has 1 atom stereocenters. The molecule has 0 saturated carbocycles. The molecule has 1 saturated heterocycles. The van der Waals surface area contributed by atoms with Crippen LogP contribution in [-0.2, 0) is 4.79 Å². The molecule has 30 heavy (non-hydrogen) atoms. The molecule has 0 aliphatic carbocycles. The normalized spacial score (nSPS) is 15.2. The third-order valence-corrected chi connectivity index (χ3v) is 5.44. The van der Waals surface area contributed by atoms with Gasteiger partial charge in [-0.15, -0.1) is 0 Å². The van der Waals surface area contributed by atoms with E-state index >= 15 is 0 Å². The number of anilines is 1. The Morgan fingerprint density at radius 2 is 1.73 bits per heavy atom. The van der Waals surface area contributed by atoms with Gasteiger partial charge in [0.05, 0.1) is 20.3 Å². The van der Waals surface area contributed by atoms with E-state index in [1.165, 1.54) is 0 Å². The first-order chi connectivity index (χ1) is 14.5. The molecule has 7 nitrogen and oxygen atoms in total. The maximum atomic E-state index is 12.7. The molecule has 1 heterocycles. The summed E-state index contributed by atoms with van der Waals surface area (Å²) in [5.74, 6) is 1.32. The fourth-order valence-corrected chi connectivity index (χ4v) is 3.64. The molecule has 3 rings (SSSR count). The fourth-order valence-electron chi connectivity index (χ4n) is 3.64. The SMILES string of the molecule is COc1ccc(OC)c(C(C)NC(=O)N2CCC(C(=O)Nc3ccccc3)CC2)c1. The van der Waals surface area contributed by atoms with Crippen molar-refractivity contribution in [2.75, 3.05) is 32.6 Å². The van der Waals surface area contributed by atoms with Crippen molar-refractivity contribution in [2.24, 2.45) is 5.92 Å². The average molecular weight is 412 g/mol. The van der Waals surface area contributed by atoms with Gasteiger partial charge in [0.25, 0.3) is 0 Å². The first-order valence-electron chi connectivity index (χ1n) is 10.1. The van der Waals surface area contributed by atoms with Crippen molar-refractivity contribution in [3.63, 3.8) is 0 Å². The Balaban J connectivity index is 1.53. The quantitative estimate of drug-likeness (QED) is 0.757. The number of hydrogen-bond acceptors (Lipinski definition) is 4. The second-order valence-electron chi connectivity index (χ2n) is 7.40. The maximum Gasteiger partial charge on any atom is 0.317 e. The predicted octanol–water partition coefficient (Wildman–Crippen LogP) is 3.83. The van der Waals surface area contributed by atoms with E-state index in [0.717, 1.165) is 11.3 Å². The lowest BCUT2D eigenvalue weighted by molar-refractivity contribution is -0.121. The molecule has 7 heteroatoms.